The van der Waals surface area contributed by atoms with E-state index in [0.29, 0.717) is 45.2 Å². The number of likely N-dealkylation sites (tertiary alicyclic amines) is 1. The van der Waals surface area contributed by atoms with Gasteiger partial charge in [0.1, 0.15) is 18.9 Å². The van der Waals surface area contributed by atoms with Crippen LogP contribution < -0.4 is 26.6 Å². The van der Waals surface area contributed by atoms with Crippen molar-refractivity contribution in [1.29, 1.82) is 0 Å². The fraction of sp³-hybridized carbons (Fsp3) is 0.667. The highest BCUT2D eigenvalue weighted by atomic mass is 16.5. The number of fused-ring (bicyclic) bond motifs is 1. The number of benzene rings is 1. The van der Waals surface area contributed by atoms with Crippen molar-refractivity contribution < 1.29 is 33.8 Å². The van der Waals surface area contributed by atoms with Crippen LogP contribution in [0.5, 0.6) is 0 Å². The Morgan fingerprint density at radius 1 is 1.04 bits per heavy atom. The summed E-state index contributed by atoms with van der Waals surface area (Å²) in [5.74, 6) is -2.06. The Morgan fingerprint density at radius 3 is 2.25 bits per heavy atom. The molecule has 0 saturated carbocycles. The molecule has 0 aromatic heterocycles. The number of hydrogen-bond donors (Lipinski definition) is 6. The number of alkyl carbamates (subject to hydrolysis) is 1. The van der Waals surface area contributed by atoms with Gasteiger partial charge in [-0.05, 0) is 66.9 Å². The maximum atomic E-state index is 14.8. The third-order valence-electron chi connectivity index (χ3n) is 10.3. The Morgan fingerprint density at radius 2 is 1.69 bits per heavy atom. The summed E-state index contributed by atoms with van der Waals surface area (Å²) in [5, 5.41) is 25.9. The minimum absolute atomic E-state index is 0.0676. The van der Waals surface area contributed by atoms with E-state index in [2.05, 4.69) is 33.2 Å². The van der Waals surface area contributed by atoms with Gasteiger partial charge in [-0.2, -0.15) is 0 Å². The Labute approximate surface area is 309 Å². The molecule has 290 valence electrons. The normalized spacial score (nSPS) is 19.6. The van der Waals surface area contributed by atoms with Crippen LogP contribution in [0.15, 0.2) is 36.9 Å². The summed E-state index contributed by atoms with van der Waals surface area (Å²) in [6.45, 7) is 18.0. The molecule has 1 fully saturated rings. The van der Waals surface area contributed by atoms with E-state index in [-0.39, 0.29) is 36.8 Å². The first kappa shape index (κ1) is 42.4. The van der Waals surface area contributed by atoms with E-state index in [1.54, 1.807) is 11.8 Å². The predicted molar refractivity (Wildman–Crippen MR) is 200 cm³/mol. The lowest BCUT2D eigenvalue weighted by atomic mass is 9.87. The van der Waals surface area contributed by atoms with E-state index >= 15 is 0 Å². The zero-order valence-corrected chi connectivity index (χ0v) is 32.1. The number of amides is 5. The molecule has 6 atom stereocenters. The summed E-state index contributed by atoms with van der Waals surface area (Å²) in [6.07, 6.45) is 3.14. The Kier molecular flexibility index (Phi) is 16.1. The number of unbranched alkanes of at least 4 members (excludes halogenated alkanes) is 1. The molecule has 2 aliphatic rings. The van der Waals surface area contributed by atoms with Gasteiger partial charge in [0.05, 0.1) is 18.1 Å². The highest BCUT2D eigenvalue weighted by molar-refractivity contribution is 6.38. The second-order valence-electron chi connectivity index (χ2n) is 15.5. The topological polar surface area (TPSA) is 178 Å². The molecule has 1 aromatic carbocycles. The van der Waals surface area contributed by atoms with E-state index in [1.165, 1.54) is 6.08 Å². The van der Waals surface area contributed by atoms with E-state index in [4.69, 9.17) is 4.74 Å². The summed E-state index contributed by atoms with van der Waals surface area (Å²) in [4.78, 5) is 68.2. The SMILES string of the molecule is C=CCNC(=O)C(=O)C(CCCC)NC(O)C1[C@@H](C(C)C)CCN1C(=O)C(NC(=O)NC(COC(=O)NCC)C(C)(C)C)C1Cc2ccccc2C1. The molecule has 1 saturated heterocycles. The Bertz CT molecular complexity index is 1370. The monoisotopic (exact) mass is 726 g/mol. The highest BCUT2D eigenvalue weighted by Gasteiger charge is 2.47. The molecule has 0 radical (unpaired) electrons. The number of carbonyl (C=O) groups is 5. The van der Waals surface area contributed by atoms with Gasteiger partial charge >= 0.3 is 12.1 Å². The summed E-state index contributed by atoms with van der Waals surface area (Å²) >= 11 is 0. The molecule has 3 rings (SSSR count). The average Bonchev–Trinajstić information content (AvgIpc) is 3.74. The van der Waals surface area contributed by atoms with E-state index in [1.807, 2.05) is 65.8 Å². The summed E-state index contributed by atoms with van der Waals surface area (Å²) in [5.41, 5.74) is 1.74. The van der Waals surface area contributed by atoms with Gasteiger partial charge in [-0.25, -0.2) is 9.59 Å². The molecule has 1 aliphatic heterocycles. The number of nitrogens with one attached hydrogen (secondary N) is 5. The predicted octanol–water partition coefficient (Wildman–Crippen LogP) is 3.44. The zero-order chi connectivity index (χ0) is 38.6. The molecule has 6 N–H and O–H groups in total. The number of carbonyl (C=O) groups excluding carboxylic acids is 5. The van der Waals surface area contributed by atoms with Crippen LogP contribution in [-0.4, -0.2) is 96.4 Å². The number of nitrogens with zero attached hydrogens (tertiary/aromatic N) is 1. The van der Waals surface area contributed by atoms with Gasteiger partial charge < -0.3 is 36.0 Å². The molecule has 1 heterocycles. The van der Waals surface area contributed by atoms with Crippen molar-refractivity contribution >= 4 is 29.7 Å². The lowest BCUT2D eigenvalue weighted by Gasteiger charge is -2.38. The van der Waals surface area contributed by atoms with E-state index in [9.17, 15) is 29.1 Å². The number of Topliss-reactive ketones (excluding diaryl/α,β-unsaturated/α-hetero) is 1. The molecule has 5 amide bonds. The third kappa shape index (κ3) is 11.5. The Hall–Kier alpha value is -3.97. The fourth-order valence-corrected chi connectivity index (χ4v) is 7.23. The van der Waals surface area contributed by atoms with Crippen molar-refractivity contribution in [2.45, 2.75) is 117 Å². The number of rotatable bonds is 18. The van der Waals surface area contributed by atoms with Gasteiger partial charge in [0, 0.05) is 19.6 Å². The Balaban J connectivity index is 1.91. The van der Waals surface area contributed by atoms with Crippen LogP contribution in [0.1, 0.15) is 85.3 Å². The molecule has 52 heavy (non-hydrogen) atoms. The zero-order valence-electron chi connectivity index (χ0n) is 32.1. The smallest absolute Gasteiger partial charge is 0.407 e. The second-order valence-corrected chi connectivity index (χ2v) is 15.5. The maximum absolute atomic E-state index is 14.8. The van der Waals surface area contributed by atoms with Crippen molar-refractivity contribution in [2.75, 3.05) is 26.2 Å². The standard InChI is InChI=1S/C39H62N6O7/c1-9-12-17-29(33(46)35(48)41-19-10-2)42-34(47)32-28(24(4)5)18-20-45(32)36(49)31(27-21-25-15-13-14-16-26(25)22-27)44-37(50)43-30(39(6,7)8)23-52-38(51)40-11-3/h10,13-16,24,27-32,34,42,47H,2,9,11-12,17-23H2,1,3-8H3,(H,40,51)(H,41,48)(H2,43,44,50)/t28-,29?,30?,31?,32?,34?/m1/s1. The minimum atomic E-state index is -1.32. The first-order valence-electron chi connectivity index (χ1n) is 18.8. The van der Waals surface area contributed by atoms with Crippen LogP contribution in [0.4, 0.5) is 9.59 Å². The van der Waals surface area contributed by atoms with Gasteiger partial charge in [0.25, 0.3) is 5.91 Å². The molecule has 1 aromatic rings. The second kappa shape index (κ2) is 19.8. The first-order valence-corrected chi connectivity index (χ1v) is 18.8. The molecule has 13 nitrogen and oxygen atoms in total. The molecule has 0 spiro atoms. The molecule has 5 unspecified atom stereocenters. The first-order chi connectivity index (χ1) is 24.6. The number of ketones is 1. The quantitative estimate of drug-likeness (QED) is 0.0757. The number of aliphatic hydroxyl groups is 1. The van der Waals surface area contributed by atoms with Gasteiger partial charge in [0.15, 0.2) is 0 Å². The summed E-state index contributed by atoms with van der Waals surface area (Å²) in [6, 6.07) is 4.23. The fourth-order valence-electron chi connectivity index (χ4n) is 7.23. The lowest BCUT2D eigenvalue weighted by molar-refractivity contribution is -0.142. The molecule has 0 bridgehead atoms. The molecular formula is C39H62N6O7. The van der Waals surface area contributed by atoms with Gasteiger partial charge in [-0.3, -0.25) is 19.7 Å². The van der Waals surface area contributed by atoms with Crippen molar-refractivity contribution in [1.82, 2.24) is 31.5 Å². The van der Waals surface area contributed by atoms with Gasteiger partial charge in [0.2, 0.25) is 11.7 Å². The van der Waals surface area contributed by atoms with Crippen molar-refractivity contribution in [3.05, 3.63) is 48.0 Å². The van der Waals surface area contributed by atoms with E-state index < -0.39 is 59.6 Å². The number of urea groups is 1. The minimum Gasteiger partial charge on any atom is -0.447 e. The molecule has 1 aliphatic carbocycles. The van der Waals surface area contributed by atoms with Gasteiger partial charge in [-0.1, -0.05) is 84.7 Å². The number of aliphatic hydroxyl groups excluding tert-OH is 1. The van der Waals surface area contributed by atoms with Gasteiger partial charge in [-0.15, -0.1) is 6.58 Å². The number of hydrogen-bond acceptors (Lipinski definition) is 8. The summed E-state index contributed by atoms with van der Waals surface area (Å²) in [7, 11) is 0. The van der Waals surface area contributed by atoms with Crippen LogP contribution in [0, 0.1) is 23.2 Å². The van der Waals surface area contributed by atoms with Crippen molar-refractivity contribution in [3.63, 3.8) is 0 Å². The van der Waals surface area contributed by atoms with E-state index in [0.717, 1.165) is 17.5 Å². The lowest BCUT2D eigenvalue weighted by Crippen LogP contribution is -2.62. The molecule has 13 heteroatoms. The highest BCUT2D eigenvalue weighted by Crippen LogP contribution is 2.35. The van der Waals surface area contributed by atoms with Crippen molar-refractivity contribution in [3.8, 4) is 0 Å². The summed E-state index contributed by atoms with van der Waals surface area (Å²) < 4.78 is 5.37. The number of ether oxygens (including phenoxy) is 1. The van der Waals surface area contributed by atoms with Crippen LogP contribution in [0.2, 0.25) is 0 Å². The molecular weight excluding hydrogens is 664 g/mol. The van der Waals surface area contributed by atoms with Crippen LogP contribution >= 0.6 is 0 Å². The van der Waals surface area contributed by atoms with Crippen LogP contribution in [0.25, 0.3) is 0 Å². The average molecular weight is 727 g/mol. The largest absolute Gasteiger partial charge is 0.447 e. The maximum Gasteiger partial charge on any atom is 0.407 e. The van der Waals surface area contributed by atoms with Crippen LogP contribution in [-0.2, 0) is 32.0 Å². The van der Waals surface area contributed by atoms with Crippen LogP contribution in [0.3, 0.4) is 0 Å². The van der Waals surface area contributed by atoms with Crippen molar-refractivity contribution in [2.24, 2.45) is 23.2 Å². The third-order valence-corrected chi connectivity index (χ3v) is 10.3.